The van der Waals surface area contributed by atoms with Crippen LogP contribution in [0.25, 0.3) is 0 Å². The molecule has 2 aromatic carbocycles. The molecule has 37 heavy (non-hydrogen) atoms. The minimum atomic E-state index is -2.15. The third-order valence-electron chi connectivity index (χ3n) is 7.49. The third kappa shape index (κ3) is 3.91. The maximum Gasteiger partial charge on any atom is 0.202 e. The van der Waals surface area contributed by atoms with E-state index in [0.29, 0.717) is 6.42 Å². The number of fused-ring (bicyclic) bond motifs is 3. The van der Waals surface area contributed by atoms with E-state index in [9.17, 15) is 34.8 Å². The zero-order valence-electron chi connectivity index (χ0n) is 20.4. The normalized spacial score (nSPS) is 26.8. The summed E-state index contributed by atoms with van der Waals surface area (Å²) in [4.78, 5) is 39.6. The van der Waals surface area contributed by atoms with E-state index >= 15 is 0 Å². The van der Waals surface area contributed by atoms with E-state index in [1.54, 1.807) is 0 Å². The van der Waals surface area contributed by atoms with Crippen LogP contribution in [0, 0.1) is 0 Å². The zero-order valence-corrected chi connectivity index (χ0v) is 20.4. The molecule has 1 fully saturated rings. The van der Waals surface area contributed by atoms with Gasteiger partial charge in [-0.3, -0.25) is 14.4 Å². The molecule has 0 aromatic heterocycles. The largest absolute Gasteiger partial charge is 0.507 e. The number of carbonyl (C=O) groups excluding carboxylic acids is 3. The lowest BCUT2D eigenvalue weighted by Gasteiger charge is -2.40. The fourth-order valence-electron chi connectivity index (χ4n) is 5.64. The number of hydrogen-bond donors (Lipinski definition) is 4. The Morgan fingerprint density at radius 3 is 2.51 bits per heavy atom. The van der Waals surface area contributed by atoms with Crippen molar-refractivity contribution < 1.29 is 49.0 Å². The number of ketones is 3. The lowest BCUT2D eigenvalue weighted by atomic mass is 9.72. The van der Waals surface area contributed by atoms with E-state index < -0.39 is 71.0 Å². The molecular weight excluding hydrogens is 484 g/mol. The van der Waals surface area contributed by atoms with Crippen molar-refractivity contribution in [3.8, 4) is 17.2 Å². The molecule has 4 N–H and O–H groups in total. The van der Waals surface area contributed by atoms with Crippen LogP contribution in [-0.4, -0.2) is 69.5 Å². The van der Waals surface area contributed by atoms with Crippen molar-refractivity contribution in [3.63, 3.8) is 0 Å². The number of benzene rings is 2. The smallest absolute Gasteiger partial charge is 0.202 e. The quantitative estimate of drug-likeness (QED) is 0.373. The number of aliphatic hydroxyl groups excluding tert-OH is 1. The molecule has 0 saturated carbocycles. The lowest BCUT2D eigenvalue weighted by molar-refractivity contribution is -0.223. The summed E-state index contributed by atoms with van der Waals surface area (Å²) < 4.78 is 17.2. The number of phenolic OH excluding ortho intramolecular Hbond substituents is 2. The predicted octanol–water partition coefficient (Wildman–Crippen LogP) is 2.09. The number of hydrogen-bond acceptors (Lipinski definition) is 10. The van der Waals surface area contributed by atoms with E-state index in [4.69, 9.17) is 14.2 Å². The highest BCUT2D eigenvalue weighted by molar-refractivity contribution is 6.31. The van der Waals surface area contributed by atoms with Crippen molar-refractivity contribution in [2.24, 2.45) is 0 Å². The summed E-state index contributed by atoms with van der Waals surface area (Å²) in [6.45, 7) is 0.919. The molecule has 1 unspecified atom stereocenters. The molecule has 10 nitrogen and oxygen atoms in total. The predicted molar refractivity (Wildman–Crippen MR) is 127 cm³/mol. The van der Waals surface area contributed by atoms with E-state index in [1.165, 1.54) is 25.3 Å². The van der Waals surface area contributed by atoms with Crippen molar-refractivity contribution >= 4 is 17.3 Å². The number of ether oxygens (including phenoxy) is 3. The first-order valence-electron chi connectivity index (χ1n) is 12.2. The highest BCUT2D eigenvalue weighted by atomic mass is 16.7. The molecule has 5 rings (SSSR count). The van der Waals surface area contributed by atoms with Gasteiger partial charge in [-0.1, -0.05) is 12.1 Å². The summed E-state index contributed by atoms with van der Waals surface area (Å²) in [6.07, 6.45) is -0.733. The van der Waals surface area contributed by atoms with Crippen LogP contribution >= 0.6 is 0 Å². The highest BCUT2D eigenvalue weighted by Crippen LogP contribution is 2.52. The first-order valence-corrected chi connectivity index (χ1v) is 12.2. The van der Waals surface area contributed by atoms with E-state index in [1.807, 2.05) is 6.92 Å². The summed E-state index contributed by atoms with van der Waals surface area (Å²) in [5.74, 6) is -3.41. The first kappa shape index (κ1) is 25.3. The Morgan fingerprint density at radius 2 is 1.84 bits per heavy atom. The van der Waals surface area contributed by atoms with Crippen molar-refractivity contribution in [2.45, 2.75) is 63.1 Å². The highest BCUT2D eigenvalue weighted by Gasteiger charge is 2.49. The summed E-state index contributed by atoms with van der Waals surface area (Å²) in [6, 6.07) is 4.45. The summed E-state index contributed by atoms with van der Waals surface area (Å²) >= 11 is 0. The van der Waals surface area contributed by atoms with Crippen LogP contribution < -0.4 is 4.74 Å². The van der Waals surface area contributed by atoms with Gasteiger partial charge in [0.05, 0.1) is 36.0 Å². The molecule has 2 aromatic rings. The van der Waals surface area contributed by atoms with Crippen LogP contribution in [-0.2, 0) is 20.7 Å². The van der Waals surface area contributed by atoms with Gasteiger partial charge in [0.1, 0.15) is 29.5 Å². The number of phenols is 2. The van der Waals surface area contributed by atoms with Crippen molar-refractivity contribution in [1.29, 1.82) is 0 Å². The molecule has 1 saturated heterocycles. The second-order valence-corrected chi connectivity index (χ2v) is 9.81. The van der Waals surface area contributed by atoms with Gasteiger partial charge in [0.2, 0.25) is 5.78 Å². The van der Waals surface area contributed by atoms with Gasteiger partial charge in [0.25, 0.3) is 0 Å². The van der Waals surface area contributed by atoms with E-state index in [0.717, 1.165) is 12.8 Å². The van der Waals surface area contributed by atoms with Crippen LogP contribution in [0.1, 0.15) is 81.7 Å². The molecule has 0 radical (unpaired) electrons. The second-order valence-electron chi connectivity index (χ2n) is 9.81. The Labute approximate surface area is 212 Å². The van der Waals surface area contributed by atoms with Crippen molar-refractivity contribution in [3.05, 3.63) is 51.6 Å². The minimum Gasteiger partial charge on any atom is -0.507 e. The Kier molecular flexibility index (Phi) is 6.31. The van der Waals surface area contributed by atoms with Crippen molar-refractivity contribution in [1.82, 2.24) is 0 Å². The SMILES string of the molecule is COc1cccc2c1C(=O)c1c(O)c3c(c(O)c1C2=O)C[C@](O)(C(=O)CO)C[C@H]3OC1CCC[C@@H](C)O1. The van der Waals surface area contributed by atoms with Gasteiger partial charge in [-0.15, -0.1) is 0 Å². The molecule has 10 heteroatoms. The van der Waals surface area contributed by atoms with Crippen LogP contribution in [0.5, 0.6) is 17.2 Å². The fraction of sp³-hybridized carbons (Fsp3) is 0.444. The van der Waals surface area contributed by atoms with Crippen LogP contribution in [0.4, 0.5) is 0 Å². The zero-order chi connectivity index (χ0) is 26.6. The topological polar surface area (TPSA) is 160 Å². The number of Topliss-reactive ketones (excluding diaryl/α,β-unsaturated/α-hetero) is 1. The van der Waals surface area contributed by atoms with Gasteiger partial charge in [-0.2, -0.15) is 0 Å². The van der Waals surface area contributed by atoms with Gasteiger partial charge in [-0.05, 0) is 32.3 Å². The number of methoxy groups -OCH3 is 1. The fourth-order valence-corrected chi connectivity index (χ4v) is 5.64. The maximum atomic E-state index is 13.6. The summed E-state index contributed by atoms with van der Waals surface area (Å²) in [5, 5.41) is 43.5. The van der Waals surface area contributed by atoms with Crippen LogP contribution in [0.3, 0.4) is 0 Å². The summed E-state index contributed by atoms with van der Waals surface area (Å²) in [5.41, 5.74) is -3.13. The molecular formula is C27H28O10. The number of aliphatic hydroxyl groups is 2. The van der Waals surface area contributed by atoms with Crippen LogP contribution in [0.2, 0.25) is 0 Å². The van der Waals surface area contributed by atoms with Gasteiger partial charge >= 0.3 is 0 Å². The van der Waals surface area contributed by atoms with Gasteiger partial charge in [0.15, 0.2) is 17.9 Å². The molecule has 4 atom stereocenters. The standard InChI is InChI=1S/C27H28O10/c1-12-5-3-8-18(36-12)37-16-10-27(34,17(29)11-28)9-14-20(16)26(33)22-21(24(14)31)23(30)13-6-4-7-15(35-2)19(13)25(22)32/h4,6-7,12,16,18,28,31,33-34H,3,5,8-11H2,1-2H3/t12-,16-,18?,27-/m1/s1. The number of rotatable bonds is 5. The molecule has 0 spiro atoms. The van der Waals surface area contributed by atoms with Gasteiger partial charge in [-0.25, -0.2) is 0 Å². The first-order chi connectivity index (χ1) is 17.6. The third-order valence-corrected chi connectivity index (χ3v) is 7.49. The average molecular weight is 513 g/mol. The molecule has 1 aliphatic heterocycles. The maximum absolute atomic E-state index is 13.6. The van der Waals surface area contributed by atoms with E-state index in [2.05, 4.69) is 0 Å². The molecule has 196 valence electrons. The summed E-state index contributed by atoms with van der Waals surface area (Å²) in [7, 11) is 1.35. The van der Waals surface area contributed by atoms with Gasteiger partial charge < -0.3 is 34.6 Å². The minimum absolute atomic E-state index is 0.00649. The Hall–Kier alpha value is -3.31. The average Bonchev–Trinajstić information content (AvgIpc) is 2.88. The Morgan fingerprint density at radius 1 is 1.11 bits per heavy atom. The Balaban J connectivity index is 1.71. The molecule has 0 bridgehead atoms. The van der Waals surface area contributed by atoms with Crippen LogP contribution in [0.15, 0.2) is 18.2 Å². The molecule has 1 heterocycles. The monoisotopic (exact) mass is 512 g/mol. The lowest BCUT2D eigenvalue weighted by Crippen LogP contribution is -2.48. The number of carbonyl (C=O) groups is 3. The molecule has 3 aliphatic rings. The molecule has 0 amide bonds. The Bertz CT molecular complexity index is 1310. The van der Waals surface area contributed by atoms with E-state index in [-0.39, 0.29) is 40.5 Å². The van der Waals surface area contributed by atoms with Crippen molar-refractivity contribution in [2.75, 3.05) is 13.7 Å². The van der Waals surface area contributed by atoms with Gasteiger partial charge in [0, 0.05) is 29.5 Å². The molecule has 2 aliphatic carbocycles. The second kappa shape index (κ2) is 9.21. The number of aromatic hydroxyl groups is 2.